The van der Waals surface area contributed by atoms with Crippen LogP contribution >= 0.6 is 0 Å². The van der Waals surface area contributed by atoms with Crippen molar-refractivity contribution in [2.24, 2.45) is 0 Å². The summed E-state index contributed by atoms with van der Waals surface area (Å²) in [4.78, 5) is 27.6. The fourth-order valence-corrected chi connectivity index (χ4v) is 4.24. The van der Waals surface area contributed by atoms with Crippen molar-refractivity contribution < 1.29 is 35.9 Å². The molecule has 0 saturated heterocycles. The molecule has 2 aromatic carbocycles. The SMILES string of the molecule is CCCCCN(CC(=O)Nc1cc(C(C)(C)C)nn1-c1ccccc1C)C(=O)c1cc(C(F)(F)F)cc(C(F)(F)F)c1. The van der Waals surface area contributed by atoms with E-state index in [1.54, 1.807) is 10.7 Å². The Kier molecular flexibility index (Phi) is 9.79. The van der Waals surface area contributed by atoms with Gasteiger partial charge in [-0.2, -0.15) is 31.4 Å². The standard InChI is InChI=1S/C30H34F6N4O2/c1-6-7-10-13-39(27(42)20-14-21(29(31,32)33)16-22(15-20)30(34,35)36)18-26(41)37-25-17-24(28(3,4)5)38-40(25)23-12-9-8-11-19(23)2/h8-9,11-12,14-17H,6-7,10,13,18H2,1-5H3,(H,37,41). The number of rotatable bonds is 9. The molecule has 0 aliphatic heterocycles. The second-order valence-electron chi connectivity index (χ2n) is 11.1. The molecule has 3 rings (SSSR count). The Morgan fingerprint density at radius 2 is 1.50 bits per heavy atom. The molecule has 0 radical (unpaired) electrons. The van der Waals surface area contributed by atoms with E-state index in [4.69, 9.17) is 0 Å². The van der Waals surface area contributed by atoms with Crippen molar-refractivity contribution in [3.05, 3.63) is 76.5 Å². The topological polar surface area (TPSA) is 67.2 Å². The molecule has 1 N–H and O–H groups in total. The Bertz CT molecular complexity index is 1390. The molecule has 6 nitrogen and oxygen atoms in total. The predicted octanol–water partition coefficient (Wildman–Crippen LogP) is 7.79. The molecule has 0 aliphatic carbocycles. The van der Waals surface area contributed by atoms with Gasteiger partial charge in [0.2, 0.25) is 5.91 Å². The van der Waals surface area contributed by atoms with Crippen LogP contribution in [-0.4, -0.2) is 39.6 Å². The third-order valence-electron chi connectivity index (χ3n) is 6.58. The number of aryl methyl sites for hydroxylation is 1. The zero-order valence-electron chi connectivity index (χ0n) is 24.1. The molecule has 1 heterocycles. The van der Waals surface area contributed by atoms with Crippen LogP contribution in [0.5, 0.6) is 0 Å². The molecule has 42 heavy (non-hydrogen) atoms. The summed E-state index contributed by atoms with van der Waals surface area (Å²) in [5.74, 6) is -1.49. The molecule has 0 fully saturated rings. The highest BCUT2D eigenvalue weighted by molar-refractivity contribution is 5.99. The number of hydrogen-bond acceptors (Lipinski definition) is 3. The van der Waals surface area contributed by atoms with Crippen LogP contribution in [0.2, 0.25) is 0 Å². The lowest BCUT2D eigenvalue weighted by Gasteiger charge is -2.23. The molecule has 0 bridgehead atoms. The third-order valence-corrected chi connectivity index (χ3v) is 6.58. The second kappa shape index (κ2) is 12.6. The summed E-state index contributed by atoms with van der Waals surface area (Å²) in [6.45, 7) is 8.97. The van der Waals surface area contributed by atoms with Crippen LogP contribution in [0, 0.1) is 6.92 Å². The van der Waals surface area contributed by atoms with Crippen molar-refractivity contribution in [3.63, 3.8) is 0 Å². The van der Waals surface area contributed by atoms with Gasteiger partial charge in [0.25, 0.3) is 5.91 Å². The number of hydrogen-bond donors (Lipinski definition) is 1. The molecule has 0 atom stereocenters. The largest absolute Gasteiger partial charge is 0.416 e. The van der Waals surface area contributed by atoms with E-state index in [1.165, 1.54) is 0 Å². The van der Waals surface area contributed by atoms with Crippen LogP contribution in [0.15, 0.2) is 48.5 Å². The maximum atomic E-state index is 13.4. The van der Waals surface area contributed by atoms with Gasteiger partial charge >= 0.3 is 12.4 Å². The van der Waals surface area contributed by atoms with Crippen LogP contribution in [0.1, 0.15) is 79.7 Å². The minimum atomic E-state index is -5.11. The van der Waals surface area contributed by atoms with Gasteiger partial charge in [-0.3, -0.25) is 9.59 Å². The monoisotopic (exact) mass is 596 g/mol. The summed E-state index contributed by atoms with van der Waals surface area (Å²) in [5, 5.41) is 7.40. The van der Waals surface area contributed by atoms with E-state index >= 15 is 0 Å². The zero-order chi connectivity index (χ0) is 31.5. The average molecular weight is 597 g/mol. The van der Waals surface area contributed by atoms with E-state index in [9.17, 15) is 35.9 Å². The molecule has 2 amide bonds. The number of halogens is 6. The van der Waals surface area contributed by atoms with Gasteiger partial charge in [0.1, 0.15) is 12.4 Å². The van der Waals surface area contributed by atoms with E-state index in [-0.39, 0.29) is 18.0 Å². The van der Waals surface area contributed by atoms with Gasteiger partial charge in [-0.25, -0.2) is 4.68 Å². The van der Waals surface area contributed by atoms with Crippen molar-refractivity contribution in [1.29, 1.82) is 0 Å². The lowest BCUT2D eigenvalue weighted by molar-refractivity contribution is -0.143. The lowest BCUT2D eigenvalue weighted by Crippen LogP contribution is -2.39. The molecule has 3 aromatic rings. The molecule has 0 spiro atoms. The fourth-order valence-electron chi connectivity index (χ4n) is 4.24. The van der Waals surface area contributed by atoms with Gasteiger partial charge < -0.3 is 10.2 Å². The minimum absolute atomic E-state index is 0.0373. The van der Waals surface area contributed by atoms with E-state index < -0.39 is 47.4 Å². The van der Waals surface area contributed by atoms with Gasteiger partial charge in [0, 0.05) is 23.6 Å². The number of carbonyl (C=O) groups is 2. The maximum absolute atomic E-state index is 13.4. The van der Waals surface area contributed by atoms with Crippen LogP contribution in [0.4, 0.5) is 32.2 Å². The highest BCUT2D eigenvalue weighted by Crippen LogP contribution is 2.36. The molecular weight excluding hydrogens is 562 g/mol. The van der Waals surface area contributed by atoms with Crippen LogP contribution in [0.3, 0.4) is 0 Å². The second-order valence-corrected chi connectivity index (χ2v) is 11.1. The summed E-state index contributed by atoms with van der Waals surface area (Å²) >= 11 is 0. The smallest absolute Gasteiger partial charge is 0.329 e. The number of nitrogens with zero attached hydrogens (tertiary/aromatic N) is 3. The lowest BCUT2D eigenvalue weighted by atomic mass is 9.92. The summed E-state index contributed by atoms with van der Waals surface area (Å²) in [7, 11) is 0. The molecule has 1 aromatic heterocycles. The summed E-state index contributed by atoms with van der Waals surface area (Å²) < 4.78 is 82.1. The first-order chi connectivity index (χ1) is 19.4. The first-order valence-electron chi connectivity index (χ1n) is 13.5. The Morgan fingerprint density at radius 3 is 2.02 bits per heavy atom. The van der Waals surface area contributed by atoms with E-state index in [2.05, 4.69) is 10.4 Å². The van der Waals surface area contributed by atoms with Gasteiger partial charge in [-0.1, -0.05) is 58.7 Å². The summed E-state index contributed by atoms with van der Waals surface area (Å²) in [6.07, 6.45) is -8.45. The zero-order valence-corrected chi connectivity index (χ0v) is 24.1. The van der Waals surface area contributed by atoms with Crippen LogP contribution in [0.25, 0.3) is 5.69 Å². The van der Waals surface area contributed by atoms with Crippen LogP contribution < -0.4 is 5.32 Å². The predicted molar refractivity (Wildman–Crippen MR) is 148 cm³/mol. The van der Waals surface area contributed by atoms with E-state index in [0.717, 1.165) is 16.9 Å². The highest BCUT2D eigenvalue weighted by atomic mass is 19.4. The van der Waals surface area contributed by atoms with E-state index in [1.807, 2.05) is 58.9 Å². The number of unbranched alkanes of at least 4 members (excludes halogenated alkanes) is 2. The highest BCUT2D eigenvalue weighted by Gasteiger charge is 2.38. The first-order valence-corrected chi connectivity index (χ1v) is 13.5. The van der Waals surface area contributed by atoms with Gasteiger partial charge in [-0.05, 0) is 43.2 Å². The van der Waals surface area contributed by atoms with Gasteiger partial charge in [-0.15, -0.1) is 0 Å². The summed E-state index contributed by atoms with van der Waals surface area (Å²) in [5.41, 5.74) is -2.15. The number of aromatic nitrogens is 2. The number of nitrogens with one attached hydrogen (secondary N) is 1. The van der Waals surface area contributed by atoms with Crippen molar-refractivity contribution in [1.82, 2.24) is 14.7 Å². The number of alkyl halides is 6. The Hall–Kier alpha value is -3.83. The van der Waals surface area contributed by atoms with Crippen molar-refractivity contribution >= 4 is 17.6 Å². The Balaban J connectivity index is 1.97. The molecule has 228 valence electrons. The number of benzene rings is 2. The van der Waals surface area contributed by atoms with Crippen molar-refractivity contribution in [3.8, 4) is 5.69 Å². The number of amides is 2. The molecule has 0 saturated carbocycles. The quantitative estimate of drug-likeness (QED) is 0.203. The van der Waals surface area contributed by atoms with E-state index in [0.29, 0.717) is 42.2 Å². The van der Waals surface area contributed by atoms with Crippen LogP contribution in [-0.2, 0) is 22.6 Å². The maximum Gasteiger partial charge on any atom is 0.416 e. The van der Waals surface area contributed by atoms with Crippen molar-refractivity contribution in [2.75, 3.05) is 18.4 Å². The normalized spacial score (nSPS) is 12.4. The van der Waals surface area contributed by atoms with Gasteiger partial charge in [0.05, 0.1) is 22.5 Å². The molecule has 0 unspecified atom stereocenters. The first kappa shape index (κ1) is 32.7. The fraction of sp³-hybridized carbons (Fsp3) is 0.433. The third kappa shape index (κ3) is 8.13. The summed E-state index contributed by atoms with van der Waals surface area (Å²) in [6, 6.07) is 9.76. The number of anilines is 1. The molecular formula is C30H34F6N4O2. The van der Waals surface area contributed by atoms with Crippen molar-refractivity contribution in [2.45, 2.75) is 71.6 Å². The number of para-hydroxylation sites is 1. The minimum Gasteiger partial charge on any atom is -0.329 e. The van der Waals surface area contributed by atoms with Gasteiger partial charge in [0.15, 0.2) is 0 Å². The molecule has 12 heteroatoms. The number of carbonyl (C=O) groups excluding carboxylic acids is 2. The Labute approximate surface area is 240 Å². The average Bonchev–Trinajstić information content (AvgIpc) is 3.30. The molecule has 0 aliphatic rings. The Morgan fingerprint density at radius 1 is 0.905 bits per heavy atom.